The molecule has 6 nitrogen and oxygen atoms in total. The zero-order chi connectivity index (χ0) is 13.0. The van der Waals surface area contributed by atoms with Crippen LogP contribution in [-0.4, -0.2) is 32.4 Å². The molecule has 17 heavy (non-hydrogen) atoms. The van der Waals surface area contributed by atoms with E-state index in [1.807, 2.05) is 0 Å². The molecule has 1 rings (SSSR count). The molecule has 0 aromatic heterocycles. The van der Waals surface area contributed by atoms with Crippen LogP contribution < -0.4 is 15.2 Å². The number of phenolic OH excluding ortho intramolecular Hbond substituents is 1. The first kappa shape index (κ1) is 13.1. The number of rotatable bonds is 4. The first-order valence-corrected chi connectivity index (χ1v) is 4.83. The summed E-state index contributed by atoms with van der Waals surface area (Å²) in [4.78, 5) is 11.3. The summed E-state index contributed by atoms with van der Waals surface area (Å²) in [6.45, 7) is 0. The van der Waals surface area contributed by atoms with Gasteiger partial charge in [-0.05, 0) is 17.7 Å². The topological polar surface area (TPSA) is 91.0 Å². The van der Waals surface area contributed by atoms with E-state index in [1.54, 1.807) is 0 Å². The van der Waals surface area contributed by atoms with Crippen LogP contribution in [0.15, 0.2) is 12.1 Å². The average Bonchev–Trinajstić information content (AvgIpc) is 2.37. The second-order valence-corrected chi connectivity index (χ2v) is 3.27. The van der Waals surface area contributed by atoms with Crippen molar-refractivity contribution in [3.8, 4) is 17.2 Å². The van der Waals surface area contributed by atoms with Crippen molar-refractivity contribution in [3.63, 3.8) is 0 Å². The maximum Gasteiger partial charge on any atom is 0.327 e. The van der Waals surface area contributed by atoms with Crippen molar-refractivity contribution in [1.82, 2.24) is 0 Å². The molecule has 1 aromatic carbocycles. The summed E-state index contributed by atoms with van der Waals surface area (Å²) in [7, 11) is 4.03. The fraction of sp³-hybridized carbons (Fsp3) is 0.364. The molecule has 3 N–H and O–H groups in total. The summed E-state index contributed by atoms with van der Waals surface area (Å²) < 4.78 is 14.4. The Balaban J connectivity index is 3.21. The van der Waals surface area contributed by atoms with Crippen LogP contribution in [0.5, 0.6) is 17.2 Å². The molecule has 0 fully saturated rings. The lowest BCUT2D eigenvalue weighted by molar-refractivity contribution is -0.142. The summed E-state index contributed by atoms with van der Waals surface area (Å²) in [5.41, 5.74) is 6.11. The largest absolute Gasteiger partial charge is 0.502 e. The zero-order valence-corrected chi connectivity index (χ0v) is 9.89. The van der Waals surface area contributed by atoms with Gasteiger partial charge < -0.3 is 25.1 Å². The minimum absolute atomic E-state index is 0.143. The average molecular weight is 241 g/mol. The van der Waals surface area contributed by atoms with Gasteiger partial charge in [0, 0.05) is 0 Å². The van der Waals surface area contributed by atoms with Gasteiger partial charge in [-0.2, -0.15) is 0 Å². The fourth-order valence-electron chi connectivity index (χ4n) is 1.36. The van der Waals surface area contributed by atoms with Gasteiger partial charge in [-0.1, -0.05) is 0 Å². The molecule has 1 aromatic rings. The number of esters is 1. The number of carbonyl (C=O) groups excluding carboxylic acids is 1. The molecule has 94 valence electrons. The normalized spacial score (nSPS) is 11.8. The van der Waals surface area contributed by atoms with Gasteiger partial charge in [-0.3, -0.25) is 4.79 Å². The van der Waals surface area contributed by atoms with Crippen molar-refractivity contribution in [1.29, 1.82) is 0 Å². The van der Waals surface area contributed by atoms with E-state index in [0.717, 1.165) is 0 Å². The third-order valence-corrected chi connectivity index (χ3v) is 2.32. The van der Waals surface area contributed by atoms with Gasteiger partial charge in [0.15, 0.2) is 11.5 Å². The highest BCUT2D eigenvalue weighted by Gasteiger charge is 2.20. The minimum Gasteiger partial charge on any atom is -0.502 e. The van der Waals surface area contributed by atoms with E-state index in [9.17, 15) is 9.90 Å². The van der Waals surface area contributed by atoms with Crippen LogP contribution in [0.4, 0.5) is 0 Å². The Labute approximate surface area is 98.9 Å². The number of hydrogen-bond donors (Lipinski definition) is 2. The Morgan fingerprint density at radius 3 is 2.06 bits per heavy atom. The molecular formula is C11H15NO5. The van der Waals surface area contributed by atoms with E-state index in [4.69, 9.17) is 15.2 Å². The number of benzene rings is 1. The lowest BCUT2D eigenvalue weighted by Crippen LogP contribution is -2.22. The predicted molar refractivity (Wildman–Crippen MR) is 60.2 cm³/mol. The van der Waals surface area contributed by atoms with Crippen molar-refractivity contribution >= 4 is 5.97 Å². The van der Waals surface area contributed by atoms with Gasteiger partial charge in [0.2, 0.25) is 5.75 Å². The minimum atomic E-state index is -0.955. The molecule has 0 amide bonds. The zero-order valence-electron chi connectivity index (χ0n) is 9.89. The smallest absolute Gasteiger partial charge is 0.327 e. The molecule has 0 saturated heterocycles. The Kier molecular flexibility index (Phi) is 4.17. The highest BCUT2D eigenvalue weighted by Crippen LogP contribution is 2.38. The highest BCUT2D eigenvalue weighted by molar-refractivity contribution is 5.78. The molecule has 6 heteroatoms. The van der Waals surface area contributed by atoms with Crippen molar-refractivity contribution in [3.05, 3.63) is 17.7 Å². The first-order chi connectivity index (χ1) is 8.04. The lowest BCUT2D eigenvalue weighted by Gasteiger charge is -2.14. The highest BCUT2D eigenvalue weighted by atomic mass is 16.5. The monoisotopic (exact) mass is 241 g/mol. The van der Waals surface area contributed by atoms with Crippen molar-refractivity contribution in [2.75, 3.05) is 21.3 Å². The van der Waals surface area contributed by atoms with Crippen LogP contribution in [0.3, 0.4) is 0 Å². The van der Waals surface area contributed by atoms with Gasteiger partial charge in [-0.15, -0.1) is 0 Å². The number of ether oxygens (including phenoxy) is 3. The summed E-state index contributed by atoms with van der Waals surface area (Å²) in [6, 6.07) is 1.96. The molecule has 0 heterocycles. The molecule has 0 aliphatic rings. The first-order valence-electron chi connectivity index (χ1n) is 4.83. The van der Waals surface area contributed by atoms with E-state index < -0.39 is 12.0 Å². The van der Waals surface area contributed by atoms with Gasteiger partial charge in [0.25, 0.3) is 0 Å². The van der Waals surface area contributed by atoms with E-state index in [-0.39, 0.29) is 17.2 Å². The summed E-state index contributed by atoms with van der Waals surface area (Å²) in [6.07, 6.45) is 0. The molecule has 0 unspecified atom stereocenters. The number of hydrogen-bond acceptors (Lipinski definition) is 6. The molecule has 0 aliphatic carbocycles. The van der Waals surface area contributed by atoms with Gasteiger partial charge in [-0.25, -0.2) is 0 Å². The van der Waals surface area contributed by atoms with E-state index in [1.165, 1.54) is 33.5 Å². The molecule has 0 saturated carbocycles. The van der Waals surface area contributed by atoms with Crippen LogP contribution >= 0.6 is 0 Å². The number of phenols is 1. The number of aromatic hydroxyl groups is 1. The quantitative estimate of drug-likeness (QED) is 0.749. The predicted octanol–water partition coefficient (Wildman–Crippen LogP) is 0.582. The van der Waals surface area contributed by atoms with Crippen LogP contribution in [0.1, 0.15) is 11.6 Å². The molecule has 0 spiro atoms. The third-order valence-electron chi connectivity index (χ3n) is 2.32. The summed E-state index contributed by atoms with van der Waals surface area (Å²) >= 11 is 0. The molecular weight excluding hydrogens is 226 g/mol. The van der Waals surface area contributed by atoms with E-state index >= 15 is 0 Å². The molecule has 0 aliphatic heterocycles. The Hall–Kier alpha value is -1.95. The summed E-state index contributed by atoms with van der Waals surface area (Å²) in [5.74, 6) is -0.368. The maximum atomic E-state index is 11.3. The van der Waals surface area contributed by atoms with Gasteiger partial charge in [0.1, 0.15) is 6.04 Å². The van der Waals surface area contributed by atoms with E-state index in [0.29, 0.717) is 5.56 Å². The van der Waals surface area contributed by atoms with Crippen LogP contribution in [0.2, 0.25) is 0 Å². The van der Waals surface area contributed by atoms with E-state index in [2.05, 4.69) is 4.74 Å². The molecule has 0 radical (unpaired) electrons. The Bertz CT molecular complexity index is 393. The number of carbonyl (C=O) groups is 1. The molecule has 0 bridgehead atoms. The Morgan fingerprint density at radius 1 is 1.24 bits per heavy atom. The SMILES string of the molecule is COC(=O)[C@H](N)c1cc(OC)c(O)c(OC)c1. The van der Waals surface area contributed by atoms with Gasteiger partial charge >= 0.3 is 5.97 Å². The van der Waals surface area contributed by atoms with Crippen LogP contribution in [0, 0.1) is 0 Å². The standard InChI is InChI=1S/C11H15NO5/c1-15-7-4-6(9(12)11(14)17-3)5-8(16-2)10(7)13/h4-5,9,13H,12H2,1-3H3/t9-/m1/s1. The van der Waals surface area contributed by atoms with Crippen molar-refractivity contribution in [2.45, 2.75) is 6.04 Å². The van der Waals surface area contributed by atoms with Crippen molar-refractivity contribution in [2.24, 2.45) is 5.73 Å². The maximum absolute atomic E-state index is 11.3. The van der Waals surface area contributed by atoms with Gasteiger partial charge in [0.05, 0.1) is 21.3 Å². The van der Waals surface area contributed by atoms with Crippen LogP contribution in [0.25, 0.3) is 0 Å². The van der Waals surface area contributed by atoms with Crippen LogP contribution in [-0.2, 0) is 9.53 Å². The third kappa shape index (κ3) is 2.59. The molecule has 1 atom stereocenters. The number of nitrogens with two attached hydrogens (primary N) is 1. The Morgan fingerprint density at radius 2 is 1.71 bits per heavy atom. The second-order valence-electron chi connectivity index (χ2n) is 3.27. The second kappa shape index (κ2) is 5.40. The summed E-state index contributed by atoms with van der Waals surface area (Å²) in [5, 5.41) is 9.68. The van der Waals surface area contributed by atoms with Crippen molar-refractivity contribution < 1.29 is 24.1 Å². The number of methoxy groups -OCH3 is 3. The lowest BCUT2D eigenvalue weighted by atomic mass is 10.1. The fourth-order valence-corrected chi connectivity index (χ4v) is 1.36.